The van der Waals surface area contributed by atoms with Crippen LogP contribution >= 0.6 is 0 Å². The van der Waals surface area contributed by atoms with Gasteiger partial charge in [-0.3, -0.25) is 0 Å². The standard InChI is InChI=1S/C12H16N4O/c1-8-4-5-10(9(2)6-8)11(17)7-12-13-14-15-16(12)3/h4-6,11,17H,7H2,1-3H3. The van der Waals surface area contributed by atoms with Gasteiger partial charge in [0.25, 0.3) is 0 Å². The van der Waals surface area contributed by atoms with Crippen LogP contribution in [-0.4, -0.2) is 25.3 Å². The summed E-state index contributed by atoms with van der Waals surface area (Å²) in [5, 5.41) is 21.4. The fourth-order valence-corrected chi connectivity index (χ4v) is 1.90. The van der Waals surface area contributed by atoms with E-state index in [2.05, 4.69) is 21.6 Å². The third-order valence-corrected chi connectivity index (χ3v) is 2.87. The van der Waals surface area contributed by atoms with Crippen LogP contribution in [0.3, 0.4) is 0 Å². The molecule has 1 aromatic heterocycles. The van der Waals surface area contributed by atoms with E-state index in [1.807, 2.05) is 26.0 Å². The van der Waals surface area contributed by atoms with Crippen LogP contribution in [0.4, 0.5) is 0 Å². The lowest BCUT2D eigenvalue weighted by atomic mass is 9.99. The van der Waals surface area contributed by atoms with Crippen molar-refractivity contribution in [2.45, 2.75) is 26.4 Å². The molecule has 5 nitrogen and oxygen atoms in total. The summed E-state index contributed by atoms with van der Waals surface area (Å²) in [6.07, 6.45) is -0.145. The fraction of sp³-hybridized carbons (Fsp3) is 0.417. The number of benzene rings is 1. The Labute approximate surface area is 100 Å². The van der Waals surface area contributed by atoms with Crippen molar-refractivity contribution in [3.8, 4) is 0 Å². The average molecular weight is 232 g/mol. The fourth-order valence-electron chi connectivity index (χ4n) is 1.90. The smallest absolute Gasteiger partial charge is 0.153 e. The van der Waals surface area contributed by atoms with Crippen molar-refractivity contribution in [2.75, 3.05) is 0 Å². The van der Waals surface area contributed by atoms with Crippen molar-refractivity contribution >= 4 is 0 Å². The Morgan fingerprint density at radius 3 is 2.71 bits per heavy atom. The molecule has 1 heterocycles. The van der Waals surface area contributed by atoms with Gasteiger partial charge in [-0.1, -0.05) is 23.8 Å². The maximum atomic E-state index is 10.2. The number of rotatable bonds is 3. The highest BCUT2D eigenvalue weighted by Gasteiger charge is 2.14. The molecule has 1 atom stereocenters. The highest BCUT2D eigenvalue weighted by atomic mass is 16.3. The van der Waals surface area contributed by atoms with Crippen LogP contribution in [-0.2, 0) is 13.5 Å². The number of aliphatic hydroxyl groups is 1. The number of hydrogen-bond donors (Lipinski definition) is 1. The molecule has 0 bridgehead atoms. The maximum absolute atomic E-state index is 10.2. The molecule has 17 heavy (non-hydrogen) atoms. The molecule has 2 rings (SSSR count). The van der Waals surface area contributed by atoms with Crippen LogP contribution in [0.15, 0.2) is 18.2 Å². The van der Waals surface area contributed by atoms with E-state index in [1.54, 1.807) is 11.7 Å². The normalized spacial score (nSPS) is 12.7. The summed E-state index contributed by atoms with van der Waals surface area (Å²) < 4.78 is 1.58. The summed E-state index contributed by atoms with van der Waals surface area (Å²) in [6.45, 7) is 4.04. The second-order valence-corrected chi connectivity index (χ2v) is 4.30. The molecular formula is C12H16N4O. The topological polar surface area (TPSA) is 63.8 Å². The zero-order chi connectivity index (χ0) is 12.4. The van der Waals surface area contributed by atoms with Crippen molar-refractivity contribution in [3.63, 3.8) is 0 Å². The van der Waals surface area contributed by atoms with E-state index in [4.69, 9.17) is 0 Å². The Bertz CT molecular complexity index is 521. The first kappa shape index (κ1) is 11.7. The number of nitrogens with zero attached hydrogens (tertiary/aromatic N) is 4. The summed E-state index contributed by atoms with van der Waals surface area (Å²) in [4.78, 5) is 0. The van der Waals surface area contributed by atoms with Crippen LogP contribution in [0.2, 0.25) is 0 Å². The highest BCUT2D eigenvalue weighted by molar-refractivity contribution is 5.32. The molecular weight excluding hydrogens is 216 g/mol. The van der Waals surface area contributed by atoms with Crippen molar-refractivity contribution in [1.82, 2.24) is 20.2 Å². The number of hydrogen-bond acceptors (Lipinski definition) is 4. The Morgan fingerprint density at radius 2 is 2.12 bits per heavy atom. The molecule has 0 aliphatic rings. The van der Waals surface area contributed by atoms with Crippen molar-refractivity contribution in [3.05, 3.63) is 40.7 Å². The molecule has 0 aliphatic carbocycles. The second-order valence-electron chi connectivity index (χ2n) is 4.30. The quantitative estimate of drug-likeness (QED) is 0.860. The van der Waals surface area contributed by atoms with E-state index in [0.717, 1.165) is 11.1 Å². The van der Waals surface area contributed by atoms with Crippen LogP contribution < -0.4 is 0 Å². The molecule has 0 fully saturated rings. The first-order chi connectivity index (χ1) is 8.08. The molecule has 0 saturated heterocycles. The van der Waals surface area contributed by atoms with Gasteiger partial charge >= 0.3 is 0 Å². The number of aryl methyl sites for hydroxylation is 3. The predicted octanol–water partition coefficient (Wildman–Crippen LogP) is 1.10. The monoisotopic (exact) mass is 232 g/mol. The summed E-state index contributed by atoms with van der Waals surface area (Å²) in [5.74, 6) is 0.678. The lowest BCUT2D eigenvalue weighted by Crippen LogP contribution is -2.08. The lowest BCUT2D eigenvalue weighted by Gasteiger charge is -2.13. The molecule has 0 amide bonds. The van der Waals surface area contributed by atoms with Gasteiger partial charge in [-0.05, 0) is 35.4 Å². The number of tetrazole rings is 1. The van der Waals surface area contributed by atoms with Gasteiger partial charge in [-0.2, -0.15) is 0 Å². The molecule has 1 aromatic carbocycles. The van der Waals surface area contributed by atoms with Gasteiger partial charge in [0.05, 0.1) is 6.10 Å². The molecule has 0 radical (unpaired) electrons. The molecule has 1 unspecified atom stereocenters. The third kappa shape index (κ3) is 2.50. The van der Waals surface area contributed by atoms with Gasteiger partial charge in [-0.25, -0.2) is 4.68 Å². The Hall–Kier alpha value is -1.75. The van der Waals surface area contributed by atoms with Crippen LogP contribution in [0, 0.1) is 13.8 Å². The van der Waals surface area contributed by atoms with Crippen LogP contribution in [0.5, 0.6) is 0 Å². The van der Waals surface area contributed by atoms with Crippen molar-refractivity contribution in [1.29, 1.82) is 0 Å². The second kappa shape index (κ2) is 4.63. The van der Waals surface area contributed by atoms with Gasteiger partial charge in [0.15, 0.2) is 5.82 Å². The molecule has 1 N–H and O–H groups in total. The zero-order valence-electron chi connectivity index (χ0n) is 10.3. The first-order valence-corrected chi connectivity index (χ1v) is 5.54. The van der Waals surface area contributed by atoms with Crippen LogP contribution in [0.25, 0.3) is 0 Å². The van der Waals surface area contributed by atoms with Gasteiger partial charge in [0.1, 0.15) is 0 Å². The molecule has 90 valence electrons. The van der Waals surface area contributed by atoms with Gasteiger partial charge in [0, 0.05) is 13.5 Å². The summed E-state index contributed by atoms with van der Waals surface area (Å²) in [5.41, 5.74) is 3.21. The van der Waals surface area contributed by atoms with Gasteiger partial charge in [-0.15, -0.1) is 5.10 Å². The Morgan fingerprint density at radius 1 is 1.35 bits per heavy atom. The van der Waals surface area contributed by atoms with Crippen molar-refractivity contribution < 1.29 is 5.11 Å². The van der Waals surface area contributed by atoms with E-state index in [9.17, 15) is 5.11 Å². The lowest BCUT2D eigenvalue weighted by molar-refractivity contribution is 0.173. The zero-order valence-corrected chi connectivity index (χ0v) is 10.3. The maximum Gasteiger partial charge on any atom is 0.153 e. The van der Waals surface area contributed by atoms with Crippen molar-refractivity contribution in [2.24, 2.45) is 7.05 Å². The third-order valence-electron chi connectivity index (χ3n) is 2.87. The first-order valence-electron chi connectivity index (χ1n) is 5.54. The van der Waals surface area contributed by atoms with E-state index >= 15 is 0 Å². The molecule has 2 aromatic rings. The largest absolute Gasteiger partial charge is 0.388 e. The molecule has 0 spiro atoms. The van der Waals surface area contributed by atoms with E-state index in [1.165, 1.54) is 5.56 Å². The van der Waals surface area contributed by atoms with Crippen LogP contribution in [0.1, 0.15) is 28.6 Å². The Kier molecular flexibility index (Phi) is 3.19. The minimum Gasteiger partial charge on any atom is -0.388 e. The highest BCUT2D eigenvalue weighted by Crippen LogP contribution is 2.21. The predicted molar refractivity (Wildman–Crippen MR) is 63.4 cm³/mol. The summed E-state index contributed by atoms with van der Waals surface area (Å²) in [6, 6.07) is 6.02. The minimum absolute atomic E-state index is 0.424. The van der Waals surface area contributed by atoms with E-state index in [-0.39, 0.29) is 0 Å². The van der Waals surface area contributed by atoms with E-state index in [0.29, 0.717) is 12.2 Å². The number of aromatic nitrogens is 4. The summed E-state index contributed by atoms with van der Waals surface area (Å²) in [7, 11) is 1.77. The minimum atomic E-state index is -0.569. The number of aliphatic hydroxyl groups excluding tert-OH is 1. The van der Waals surface area contributed by atoms with E-state index < -0.39 is 6.10 Å². The average Bonchev–Trinajstić information content (AvgIpc) is 2.64. The molecule has 5 heteroatoms. The van der Waals surface area contributed by atoms with Gasteiger partial charge < -0.3 is 5.11 Å². The Balaban J connectivity index is 2.20. The SMILES string of the molecule is Cc1ccc(C(O)Cc2nnnn2C)c(C)c1. The summed E-state index contributed by atoms with van der Waals surface area (Å²) >= 11 is 0. The van der Waals surface area contributed by atoms with Gasteiger partial charge in [0.2, 0.25) is 0 Å². The molecule has 0 aliphatic heterocycles. The molecule has 0 saturated carbocycles.